The standard InChI is InChI=1S/C12H23N3O.ClH/c1-14(2)11(16)15-9-5-12(6-10-15)3-7-13-8-4-12;/h13H,3-10H2,1-2H3;1H. The number of carbonyl (C=O) groups is 1. The predicted molar refractivity (Wildman–Crippen MR) is 71.7 cm³/mol. The lowest BCUT2D eigenvalue weighted by atomic mass is 9.72. The summed E-state index contributed by atoms with van der Waals surface area (Å²) in [7, 11) is 3.66. The number of piperidine rings is 2. The zero-order valence-corrected chi connectivity index (χ0v) is 11.7. The Morgan fingerprint density at radius 1 is 1.12 bits per heavy atom. The molecule has 0 unspecified atom stereocenters. The van der Waals surface area contributed by atoms with Crippen LogP contribution in [0.1, 0.15) is 25.7 Å². The van der Waals surface area contributed by atoms with Crippen LogP contribution in [0.25, 0.3) is 0 Å². The highest BCUT2D eigenvalue weighted by molar-refractivity contribution is 5.85. The second kappa shape index (κ2) is 5.91. The van der Waals surface area contributed by atoms with Crippen molar-refractivity contribution in [1.82, 2.24) is 15.1 Å². The summed E-state index contributed by atoms with van der Waals surface area (Å²) in [5, 5.41) is 3.42. The predicted octanol–water partition coefficient (Wildman–Crippen LogP) is 1.56. The third-order valence-electron chi connectivity index (χ3n) is 4.14. The summed E-state index contributed by atoms with van der Waals surface area (Å²) in [4.78, 5) is 15.5. The normalized spacial score (nSPS) is 23.1. The van der Waals surface area contributed by atoms with Crippen LogP contribution in [0.4, 0.5) is 4.79 Å². The molecule has 5 heteroatoms. The molecule has 0 bridgehead atoms. The average molecular weight is 262 g/mol. The number of nitrogens with zero attached hydrogens (tertiary/aromatic N) is 2. The summed E-state index contributed by atoms with van der Waals surface area (Å²) in [5.74, 6) is 0. The van der Waals surface area contributed by atoms with Crippen LogP contribution >= 0.6 is 12.4 Å². The van der Waals surface area contributed by atoms with E-state index in [0.29, 0.717) is 5.41 Å². The average Bonchev–Trinajstić information content (AvgIpc) is 2.30. The minimum atomic E-state index is 0. The Morgan fingerprint density at radius 2 is 1.65 bits per heavy atom. The third kappa shape index (κ3) is 3.26. The maximum Gasteiger partial charge on any atom is 0.319 e. The van der Waals surface area contributed by atoms with Crippen molar-refractivity contribution in [3.05, 3.63) is 0 Å². The van der Waals surface area contributed by atoms with Crippen molar-refractivity contribution in [1.29, 1.82) is 0 Å². The summed E-state index contributed by atoms with van der Waals surface area (Å²) in [6.07, 6.45) is 4.95. The van der Waals surface area contributed by atoms with E-state index in [1.807, 2.05) is 19.0 Å². The van der Waals surface area contributed by atoms with Crippen LogP contribution in [0.15, 0.2) is 0 Å². The van der Waals surface area contributed by atoms with Crippen LogP contribution in [0, 0.1) is 5.41 Å². The van der Waals surface area contributed by atoms with Crippen molar-refractivity contribution < 1.29 is 4.79 Å². The van der Waals surface area contributed by atoms with Gasteiger partial charge in [-0.1, -0.05) is 0 Å². The van der Waals surface area contributed by atoms with Crippen molar-refractivity contribution in [2.75, 3.05) is 40.3 Å². The number of halogens is 1. The molecule has 2 amide bonds. The molecule has 0 radical (unpaired) electrons. The van der Waals surface area contributed by atoms with Gasteiger partial charge in [-0.2, -0.15) is 0 Å². The van der Waals surface area contributed by atoms with E-state index in [2.05, 4.69) is 5.32 Å². The Kier molecular flexibility index (Phi) is 5.07. The fourth-order valence-electron chi connectivity index (χ4n) is 2.91. The topological polar surface area (TPSA) is 35.6 Å². The highest BCUT2D eigenvalue weighted by Gasteiger charge is 2.36. The number of hydrogen-bond donors (Lipinski definition) is 1. The van der Waals surface area contributed by atoms with Crippen molar-refractivity contribution in [3.63, 3.8) is 0 Å². The Hall–Kier alpha value is -0.480. The van der Waals surface area contributed by atoms with E-state index >= 15 is 0 Å². The molecule has 0 aliphatic carbocycles. The Bertz CT molecular complexity index is 254. The van der Waals surface area contributed by atoms with Gasteiger partial charge in [0.1, 0.15) is 0 Å². The molecule has 17 heavy (non-hydrogen) atoms. The molecule has 2 heterocycles. The van der Waals surface area contributed by atoms with Crippen LogP contribution in [0.2, 0.25) is 0 Å². The number of amides is 2. The lowest BCUT2D eigenvalue weighted by Crippen LogP contribution is -2.49. The summed E-state index contributed by atoms with van der Waals surface area (Å²) >= 11 is 0. The van der Waals surface area contributed by atoms with Gasteiger partial charge in [-0.15, -0.1) is 12.4 Å². The summed E-state index contributed by atoms with van der Waals surface area (Å²) in [5.41, 5.74) is 0.536. The zero-order chi connectivity index (χ0) is 11.6. The fourth-order valence-corrected chi connectivity index (χ4v) is 2.91. The van der Waals surface area contributed by atoms with E-state index < -0.39 is 0 Å². The van der Waals surface area contributed by atoms with Crippen LogP contribution in [0.5, 0.6) is 0 Å². The molecule has 0 aromatic rings. The number of rotatable bonds is 0. The van der Waals surface area contributed by atoms with Gasteiger partial charge >= 0.3 is 6.03 Å². The number of nitrogens with one attached hydrogen (secondary N) is 1. The number of hydrogen-bond acceptors (Lipinski definition) is 2. The lowest BCUT2D eigenvalue weighted by Gasteiger charge is -2.44. The first-order valence-electron chi connectivity index (χ1n) is 6.30. The van der Waals surface area contributed by atoms with Gasteiger partial charge in [0, 0.05) is 27.2 Å². The number of carbonyl (C=O) groups excluding carboxylic acids is 1. The lowest BCUT2D eigenvalue weighted by molar-refractivity contribution is 0.0793. The second-order valence-corrected chi connectivity index (χ2v) is 5.41. The van der Waals surface area contributed by atoms with Gasteiger partial charge in [-0.3, -0.25) is 0 Å². The third-order valence-corrected chi connectivity index (χ3v) is 4.14. The molecule has 2 saturated heterocycles. The molecule has 0 aromatic heterocycles. The second-order valence-electron chi connectivity index (χ2n) is 5.41. The van der Waals surface area contributed by atoms with Gasteiger partial charge in [0.25, 0.3) is 0 Å². The molecule has 0 saturated carbocycles. The Labute approximate surface area is 110 Å². The Morgan fingerprint density at radius 3 is 2.12 bits per heavy atom. The fraction of sp³-hybridized carbons (Fsp3) is 0.917. The van der Waals surface area contributed by atoms with Crippen molar-refractivity contribution in [3.8, 4) is 0 Å². The maximum absolute atomic E-state index is 11.8. The Balaban J connectivity index is 0.00000144. The molecule has 0 atom stereocenters. The molecular formula is C12H24ClN3O. The van der Waals surface area contributed by atoms with E-state index in [9.17, 15) is 4.79 Å². The van der Waals surface area contributed by atoms with Crippen LogP contribution < -0.4 is 5.32 Å². The smallest absolute Gasteiger partial charge is 0.319 e. The van der Waals surface area contributed by atoms with E-state index in [1.165, 1.54) is 25.7 Å². The molecule has 100 valence electrons. The summed E-state index contributed by atoms with van der Waals surface area (Å²) < 4.78 is 0. The quantitative estimate of drug-likeness (QED) is 0.718. The van der Waals surface area contributed by atoms with E-state index in [0.717, 1.165) is 26.2 Å². The van der Waals surface area contributed by atoms with Crippen LogP contribution in [0.3, 0.4) is 0 Å². The van der Waals surface area contributed by atoms with E-state index in [4.69, 9.17) is 0 Å². The van der Waals surface area contributed by atoms with Gasteiger partial charge in [0.15, 0.2) is 0 Å². The molecule has 0 aromatic carbocycles. The number of likely N-dealkylation sites (tertiary alicyclic amines) is 1. The van der Waals surface area contributed by atoms with Gasteiger partial charge in [0.2, 0.25) is 0 Å². The summed E-state index contributed by atoms with van der Waals surface area (Å²) in [6, 6.07) is 0.170. The molecule has 2 aliphatic heterocycles. The van der Waals surface area contributed by atoms with Gasteiger partial charge in [-0.05, 0) is 44.2 Å². The molecule has 1 N–H and O–H groups in total. The highest BCUT2D eigenvalue weighted by Crippen LogP contribution is 2.39. The number of urea groups is 1. The van der Waals surface area contributed by atoms with E-state index in [-0.39, 0.29) is 18.4 Å². The maximum atomic E-state index is 11.8. The van der Waals surface area contributed by atoms with Gasteiger partial charge in [0.05, 0.1) is 0 Å². The molecule has 2 aliphatic rings. The molecular weight excluding hydrogens is 238 g/mol. The van der Waals surface area contributed by atoms with Gasteiger partial charge < -0.3 is 15.1 Å². The molecule has 4 nitrogen and oxygen atoms in total. The SMILES string of the molecule is CN(C)C(=O)N1CCC2(CCNCC2)CC1.Cl. The first-order valence-corrected chi connectivity index (χ1v) is 6.30. The van der Waals surface area contributed by atoms with Crippen molar-refractivity contribution in [2.24, 2.45) is 5.41 Å². The zero-order valence-electron chi connectivity index (χ0n) is 10.9. The van der Waals surface area contributed by atoms with Crippen LogP contribution in [-0.4, -0.2) is 56.1 Å². The molecule has 2 rings (SSSR count). The summed E-state index contributed by atoms with van der Waals surface area (Å²) in [6.45, 7) is 4.19. The molecule has 1 spiro atoms. The monoisotopic (exact) mass is 261 g/mol. The first-order chi connectivity index (χ1) is 7.63. The van der Waals surface area contributed by atoms with Crippen molar-refractivity contribution >= 4 is 18.4 Å². The van der Waals surface area contributed by atoms with Crippen molar-refractivity contribution in [2.45, 2.75) is 25.7 Å². The van der Waals surface area contributed by atoms with Crippen LogP contribution in [-0.2, 0) is 0 Å². The first kappa shape index (κ1) is 14.6. The van der Waals surface area contributed by atoms with E-state index in [1.54, 1.807) is 4.90 Å². The molecule has 2 fully saturated rings. The highest BCUT2D eigenvalue weighted by atomic mass is 35.5. The minimum absolute atomic E-state index is 0. The van der Waals surface area contributed by atoms with Gasteiger partial charge in [-0.25, -0.2) is 4.79 Å². The minimum Gasteiger partial charge on any atom is -0.331 e. The largest absolute Gasteiger partial charge is 0.331 e.